The fourth-order valence-electron chi connectivity index (χ4n) is 4.36. The lowest BCUT2D eigenvalue weighted by Gasteiger charge is -2.39. The minimum absolute atomic E-state index is 0.225. The molecule has 6 heteroatoms. The molecule has 1 atom stereocenters. The molecule has 1 unspecified atom stereocenters. The molecule has 1 heterocycles. The predicted molar refractivity (Wildman–Crippen MR) is 136 cm³/mol. The van der Waals surface area contributed by atoms with Gasteiger partial charge in [0.15, 0.2) is 6.29 Å². The zero-order chi connectivity index (χ0) is 23.6. The standard InChI is InChI=1S/C28H31ClN2O3/c29-26-12-10-24(11-13-26)28(23-6-2-1-3-7-23)31-16-14-30(15-17-31)18-19-33-20-21-34-27-9-5-4-8-25(27)22-32/h1-13,22,28H,14-21H2. The highest BCUT2D eigenvalue weighted by molar-refractivity contribution is 6.30. The largest absolute Gasteiger partial charge is 0.490 e. The molecule has 0 saturated carbocycles. The highest BCUT2D eigenvalue weighted by Crippen LogP contribution is 2.30. The molecule has 0 bridgehead atoms. The van der Waals surface area contributed by atoms with Crippen molar-refractivity contribution in [3.8, 4) is 5.75 Å². The van der Waals surface area contributed by atoms with Gasteiger partial charge in [0.05, 0.1) is 24.8 Å². The number of halogens is 1. The minimum Gasteiger partial charge on any atom is -0.490 e. The fraction of sp³-hybridized carbons (Fsp3) is 0.321. The third-order valence-corrected chi connectivity index (χ3v) is 6.41. The third kappa shape index (κ3) is 6.67. The van der Waals surface area contributed by atoms with E-state index < -0.39 is 0 Å². The van der Waals surface area contributed by atoms with Crippen LogP contribution in [0.25, 0.3) is 0 Å². The first-order valence-corrected chi connectivity index (χ1v) is 12.1. The van der Waals surface area contributed by atoms with Crippen molar-refractivity contribution < 1.29 is 14.3 Å². The summed E-state index contributed by atoms with van der Waals surface area (Å²) < 4.78 is 11.4. The normalized spacial score (nSPS) is 15.7. The molecule has 1 aliphatic heterocycles. The molecule has 1 aliphatic rings. The molecule has 0 radical (unpaired) electrons. The van der Waals surface area contributed by atoms with Crippen LogP contribution in [0.4, 0.5) is 0 Å². The molecule has 4 rings (SSSR count). The molecule has 0 spiro atoms. The highest BCUT2D eigenvalue weighted by atomic mass is 35.5. The predicted octanol–water partition coefficient (Wildman–Crippen LogP) is 4.96. The lowest BCUT2D eigenvalue weighted by atomic mass is 9.96. The Balaban J connectivity index is 1.22. The second-order valence-corrected chi connectivity index (χ2v) is 8.80. The van der Waals surface area contributed by atoms with Crippen molar-refractivity contribution in [2.75, 3.05) is 52.5 Å². The summed E-state index contributed by atoms with van der Waals surface area (Å²) >= 11 is 6.14. The number of piperazine rings is 1. The molecule has 3 aromatic carbocycles. The maximum absolute atomic E-state index is 11.1. The van der Waals surface area contributed by atoms with Crippen LogP contribution in [0.2, 0.25) is 5.02 Å². The molecular formula is C28H31ClN2O3. The van der Waals surface area contributed by atoms with Crippen molar-refractivity contribution in [2.45, 2.75) is 6.04 Å². The number of hydrogen-bond donors (Lipinski definition) is 0. The van der Waals surface area contributed by atoms with Gasteiger partial charge in [0.2, 0.25) is 0 Å². The fourth-order valence-corrected chi connectivity index (χ4v) is 4.48. The molecule has 5 nitrogen and oxygen atoms in total. The molecule has 0 aliphatic carbocycles. The minimum atomic E-state index is 0.225. The van der Waals surface area contributed by atoms with Crippen LogP contribution in [0.3, 0.4) is 0 Å². The number of carbonyl (C=O) groups excluding carboxylic acids is 1. The average molecular weight is 479 g/mol. The molecule has 0 N–H and O–H groups in total. The van der Waals surface area contributed by atoms with Crippen molar-refractivity contribution in [1.82, 2.24) is 9.80 Å². The summed E-state index contributed by atoms with van der Waals surface area (Å²) in [5.74, 6) is 0.603. The number of ether oxygens (including phenoxy) is 2. The summed E-state index contributed by atoms with van der Waals surface area (Å²) in [5.41, 5.74) is 3.13. The van der Waals surface area contributed by atoms with E-state index in [0.29, 0.717) is 31.1 Å². The Bertz CT molecular complexity index is 1020. The van der Waals surface area contributed by atoms with E-state index in [2.05, 4.69) is 52.3 Å². The first kappa shape index (κ1) is 24.4. The molecular weight excluding hydrogens is 448 g/mol. The van der Waals surface area contributed by atoms with Crippen molar-refractivity contribution in [3.05, 3.63) is 101 Å². The Labute approximate surface area is 206 Å². The second-order valence-electron chi connectivity index (χ2n) is 8.36. The van der Waals surface area contributed by atoms with Crippen LogP contribution in [-0.2, 0) is 4.74 Å². The Kier molecular flexibility index (Phi) is 9.11. The van der Waals surface area contributed by atoms with Gasteiger partial charge in [-0.1, -0.05) is 66.2 Å². The van der Waals surface area contributed by atoms with E-state index in [9.17, 15) is 4.79 Å². The van der Waals surface area contributed by atoms with E-state index in [1.165, 1.54) is 11.1 Å². The maximum Gasteiger partial charge on any atom is 0.153 e. The molecule has 34 heavy (non-hydrogen) atoms. The number of carbonyl (C=O) groups is 1. The first-order valence-electron chi connectivity index (χ1n) is 11.8. The van der Waals surface area contributed by atoms with Crippen LogP contribution < -0.4 is 4.74 Å². The van der Waals surface area contributed by atoms with E-state index in [0.717, 1.165) is 44.0 Å². The van der Waals surface area contributed by atoms with E-state index in [1.54, 1.807) is 12.1 Å². The van der Waals surface area contributed by atoms with Gasteiger partial charge in [0.1, 0.15) is 12.4 Å². The molecule has 3 aromatic rings. The SMILES string of the molecule is O=Cc1ccccc1OCCOCCN1CCN(C(c2ccccc2)c2ccc(Cl)cc2)CC1. The van der Waals surface area contributed by atoms with Crippen LogP contribution in [0, 0.1) is 0 Å². The third-order valence-electron chi connectivity index (χ3n) is 6.16. The quantitative estimate of drug-likeness (QED) is 0.288. The van der Waals surface area contributed by atoms with Crippen molar-refractivity contribution in [3.63, 3.8) is 0 Å². The Morgan fingerprint density at radius 1 is 0.794 bits per heavy atom. The molecule has 0 amide bonds. The van der Waals surface area contributed by atoms with Gasteiger partial charge < -0.3 is 9.47 Å². The van der Waals surface area contributed by atoms with Gasteiger partial charge in [-0.05, 0) is 35.4 Å². The van der Waals surface area contributed by atoms with Gasteiger partial charge in [0.25, 0.3) is 0 Å². The van der Waals surface area contributed by atoms with Crippen molar-refractivity contribution in [2.24, 2.45) is 0 Å². The van der Waals surface area contributed by atoms with Crippen LogP contribution in [-0.4, -0.2) is 68.6 Å². The number of rotatable bonds is 11. The Morgan fingerprint density at radius 3 is 2.21 bits per heavy atom. The number of para-hydroxylation sites is 1. The van der Waals surface area contributed by atoms with Crippen LogP contribution in [0.15, 0.2) is 78.9 Å². The van der Waals surface area contributed by atoms with Gasteiger partial charge in [-0.3, -0.25) is 14.6 Å². The lowest BCUT2D eigenvalue weighted by molar-refractivity contribution is 0.0555. The number of hydrogen-bond acceptors (Lipinski definition) is 5. The van der Waals surface area contributed by atoms with E-state index in [-0.39, 0.29) is 6.04 Å². The average Bonchev–Trinajstić information content (AvgIpc) is 2.89. The van der Waals surface area contributed by atoms with Gasteiger partial charge in [-0.15, -0.1) is 0 Å². The summed E-state index contributed by atoms with van der Waals surface area (Å²) in [7, 11) is 0. The number of aldehydes is 1. The second kappa shape index (κ2) is 12.7. The summed E-state index contributed by atoms with van der Waals surface area (Å²) in [6.07, 6.45) is 0.811. The van der Waals surface area contributed by atoms with Gasteiger partial charge in [-0.2, -0.15) is 0 Å². The highest BCUT2D eigenvalue weighted by Gasteiger charge is 2.26. The molecule has 1 saturated heterocycles. The smallest absolute Gasteiger partial charge is 0.153 e. The Morgan fingerprint density at radius 2 is 1.47 bits per heavy atom. The van der Waals surface area contributed by atoms with E-state index in [1.807, 2.05) is 24.3 Å². The summed E-state index contributed by atoms with van der Waals surface area (Å²) in [4.78, 5) is 16.0. The van der Waals surface area contributed by atoms with Gasteiger partial charge in [0, 0.05) is 37.7 Å². The van der Waals surface area contributed by atoms with E-state index in [4.69, 9.17) is 21.1 Å². The van der Waals surface area contributed by atoms with Crippen LogP contribution in [0.1, 0.15) is 27.5 Å². The van der Waals surface area contributed by atoms with Crippen LogP contribution >= 0.6 is 11.6 Å². The van der Waals surface area contributed by atoms with Crippen molar-refractivity contribution >= 4 is 17.9 Å². The molecule has 0 aromatic heterocycles. The first-order chi connectivity index (χ1) is 16.7. The monoisotopic (exact) mass is 478 g/mol. The van der Waals surface area contributed by atoms with Gasteiger partial charge >= 0.3 is 0 Å². The zero-order valence-electron chi connectivity index (χ0n) is 19.3. The topological polar surface area (TPSA) is 42.0 Å². The molecule has 178 valence electrons. The summed E-state index contributed by atoms with van der Waals surface area (Å²) in [6, 6.07) is 26.4. The van der Waals surface area contributed by atoms with Crippen molar-refractivity contribution in [1.29, 1.82) is 0 Å². The number of benzene rings is 3. The van der Waals surface area contributed by atoms with E-state index >= 15 is 0 Å². The zero-order valence-corrected chi connectivity index (χ0v) is 20.1. The lowest BCUT2D eigenvalue weighted by Crippen LogP contribution is -2.48. The van der Waals surface area contributed by atoms with Crippen LogP contribution in [0.5, 0.6) is 5.75 Å². The number of nitrogens with zero attached hydrogens (tertiary/aromatic N) is 2. The van der Waals surface area contributed by atoms with Gasteiger partial charge in [-0.25, -0.2) is 0 Å². The Hall–Kier alpha value is -2.70. The maximum atomic E-state index is 11.1. The summed E-state index contributed by atoms with van der Waals surface area (Å²) in [6.45, 7) is 6.49. The summed E-state index contributed by atoms with van der Waals surface area (Å²) in [5, 5.41) is 0.763. The molecule has 1 fully saturated rings.